The highest BCUT2D eigenvalue weighted by molar-refractivity contribution is 5.74. The largest absolute Gasteiger partial charge is 0.480 e. The quantitative estimate of drug-likeness (QED) is 0.713. The Hall–Kier alpha value is -0.610. The van der Waals surface area contributed by atoms with E-state index in [-0.39, 0.29) is 0 Å². The van der Waals surface area contributed by atoms with Gasteiger partial charge in [-0.25, -0.2) is 0 Å². The maximum Gasteiger partial charge on any atom is 0.321 e. The zero-order valence-electron chi connectivity index (χ0n) is 8.93. The van der Waals surface area contributed by atoms with Crippen molar-refractivity contribution in [1.29, 1.82) is 0 Å². The monoisotopic (exact) mass is 213 g/mol. The molecule has 0 aromatic carbocycles. The summed E-state index contributed by atoms with van der Waals surface area (Å²) in [5.74, 6) is -0.780. The summed E-state index contributed by atoms with van der Waals surface area (Å²) in [4.78, 5) is 13.1. The van der Waals surface area contributed by atoms with Gasteiger partial charge >= 0.3 is 5.97 Å². The van der Waals surface area contributed by atoms with Crippen LogP contribution in [0.1, 0.15) is 38.5 Å². The number of carboxylic acid groups (broad SMARTS) is 1. The fourth-order valence-corrected chi connectivity index (χ4v) is 2.90. The van der Waals surface area contributed by atoms with E-state index in [4.69, 9.17) is 5.11 Å². The zero-order chi connectivity index (χ0) is 10.8. The summed E-state index contributed by atoms with van der Waals surface area (Å²) in [5, 5.41) is 18.6. The topological polar surface area (TPSA) is 60.8 Å². The van der Waals surface area contributed by atoms with Crippen LogP contribution < -0.4 is 0 Å². The molecule has 2 fully saturated rings. The smallest absolute Gasteiger partial charge is 0.321 e. The minimum absolute atomic E-state index is 0.386. The summed E-state index contributed by atoms with van der Waals surface area (Å²) in [6.07, 6.45) is 5.80. The predicted molar refractivity (Wildman–Crippen MR) is 55.6 cm³/mol. The Balaban J connectivity index is 2.02. The average Bonchev–Trinajstić information content (AvgIpc) is 2.62. The molecule has 2 atom stereocenters. The molecule has 4 nitrogen and oxygen atoms in total. The van der Waals surface area contributed by atoms with Gasteiger partial charge < -0.3 is 10.2 Å². The van der Waals surface area contributed by atoms with E-state index >= 15 is 0 Å². The summed E-state index contributed by atoms with van der Waals surface area (Å²) >= 11 is 0. The zero-order valence-corrected chi connectivity index (χ0v) is 8.93. The third-order valence-electron chi connectivity index (χ3n) is 3.65. The molecular formula is C11H19NO3. The molecule has 4 heteroatoms. The number of rotatable bonds is 2. The molecule has 0 radical (unpaired) electrons. The molecule has 2 rings (SSSR count). The summed E-state index contributed by atoms with van der Waals surface area (Å²) < 4.78 is 0. The van der Waals surface area contributed by atoms with Crippen molar-refractivity contribution < 1.29 is 15.0 Å². The standard InChI is InChI=1S/C11H19NO3/c13-9-6-10(11(14)15)12(7-9)8-4-2-1-3-5-8/h8-10,13H,1-7H2,(H,14,15)/t9-,10+/m1/s1. The van der Waals surface area contributed by atoms with E-state index in [2.05, 4.69) is 0 Å². The maximum atomic E-state index is 11.0. The number of carbonyl (C=O) groups is 1. The number of nitrogens with zero attached hydrogens (tertiary/aromatic N) is 1. The van der Waals surface area contributed by atoms with Crippen molar-refractivity contribution in [1.82, 2.24) is 4.90 Å². The minimum atomic E-state index is -0.780. The normalized spacial score (nSPS) is 34.5. The Morgan fingerprint density at radius 2 is 1.87 bits per heavy atom. The Morgan fingerprint density at radius 1 is 1.20 bits per heavy atom. The van der Waals surface area contributed by atoms with Crippen LogP contribution in [0.3, 0.4) is 0 Å². The number of hydrogen-bond acceptors (Lipinski definition) is 3. The first-order valence-electron chi connectivity index (χ1n) is 5.85. The fraction of sp³-hybridized carbons (Fsp3) is 0.909. The van der Waals surface area contributed by atoms with E-state index in [0.717, 1.165) is 12.8 Å². The molecule has 0 bridgehead atoms. The Morgan fingerprint density at radius 3 is 2.47 bits per heavy atom. The summed E-state index contributed by atoms with van der Waals surface area (Å²) in [7, 11) is 0. The number of carboxylic acids is 1. The van der Waals surface area contributed by atoms with E-state index in [1.54, 1.807) is 0 Å². The van der Waals surface area contributed by atoms with Crippen LogP contribution in [0.4, 0.5) is 0 Å². The third kappa shape index (κ3) is 2.32. The van der Waals surface area contributed by atoms with Crippen molar-refractivity contribution in [2.75, 3.05) is 6.54 Å². The van der Waals surface area contributed by atoms with Crippen LogP contribution in [0.25, 0.3) is 0 Å². The second kappa shape index (κ2) is 4.49. The first-order valence-corrected chi connectivity index (χ1v) is 5.85. The van der Waals surface area contributed by atoms with E-state index < -0.39 is 18.1 Å². The number of hydrogen-bond donors (Lipinski definition) is 2. The van der Waals surface area contributed by atoms with E-state index in [0.29, 0.717) is 19.0 Å². The van der Waals surface area contributed by atoms with E-state index in [1.807, 2.05) is 4.90 Å². The van der Waals surface area contributed by atoms with Gasteiger partial charge in [0, 0.05) is 19.0 Å². The van der Waals surface area contributed by atoms with Crippen molar-refractivity contribution in [3.05, 3.63) is 0 Å². The van der Waals surface area contributed by atoms with Gasteiger partial charge in [-0.2, -0.15) is 0 Å². The van der Waals surface area contributed by atoms with Gasteiger partial charge in [-0.1, -0.05) is 19.3 Å². The molecule has 1 aliphatic heterocycles. The Labute approximate surface area is 89.9 Å². The van der Waals surface area contributed by atoms with Gasteiger partial charge in [0.25, 0.3) is 0 Å². The number of aliphatic carboxylic acids is 1. The van der Waals surface area contributed by atoms with Crippen LogP contribution in [0.5, 0.6) is 0 Å². The average molecular weight is 213 g/mol. The van der Waals surface area contributed by atoms with Crippen LogP contribution in [0.15, 0.2) is 0 Å². The van der Waals surface area contributed by atoms with Gasteiger partial charge in [0.05, 0.1) is 6.10 Å². The maximum absolute atomic E-state index is 11.0. The lowest BCUT2D eigenvalue weighted by Gasteiger charge is -2.33. The molecule has 86 valence electrons. The molecule has 15 heavy (non-hydrogen) atoms. The summed E-state index contributed by atoms with van der Waals surface area (Å²) in [6, 6.07) is -0.0694. The number of aliphatic hydroxyl groups excluding tert-OH is 1. The van der Waals surface area contributed by atoms with Crippen LogP contribution >= 0.6 is 0 Å². The lowest BCUT2D eigenvalue weighted by atomic mass is 9.94. The van der Waals surface area contributed by atoms with Gasteiger partial charge in [-0.15, -0.1) is 0 Å². The second-order valence-electron chi connectivity index (χ2n) is 4.73. The van der Waals surface area contributed by atoms with Gasteiger partial charge in [0.15, 0.2) is 0 Å². The van der Waals surface area contributed by atoms with Crippen molar-refractivity contribution >= 4 is 5.97 Å². The summed E-state index contributed by atoms with van der Waals surface area (Å²) in [5.41, 5.74) is 0. The first-order chi connectivity index (χ1) is 7.18. The molecule has 1 saturated heterocycles. The molecule has 2 N–H and O–H groups in total. The molecule has 1 aliphatic carbocycles. The van der Waals surface area contributed by atoms with Gasteiger partial charge in [-0.3, -0.25) is 9.69 Å². The minimum Gasteiger partial charge on any atom is -0.480 e. The number of likely N-dealkylation sites (tertiary alicyclic amines) is 1. The molecule has 1 heterocycles. The van der Waals surface area contributed by atoms with E-state index in [1.165, 1.54) is 19.3 Å². The predicted octanol–water partition coefficient (Wildman–Crippen LogP) is 0.839. The highest BCUT2D eigenvalue weighted by Gasteiger charge is 2.39. The van der Waals surface area contributed by atoms with Crippen molar-refractivity contribution in [3.63, 3.8) is 0 Å². The van der Waals surface area contributed by atoms with Crippen molar-refractivity contribution in [2.24, 2.45) is 0 Å². The Kier molecular flexibility index (Phi) is 3.26. The van der Waals surface area contributed by atoms with Crippen molar-refractivity contribution in [3.8, 4) is 0 Å². The van der Waals surface area contributed by atoms with E-state index in [9.17, 15) is 9.90 Å². The molecule has 2 aliphatic rings. The van der Waals surface area contributed by atoms with Crippen LogP contribution in [0, 0.1) is 0 Å². The molecule has 0 spiro atoms. The first kappa shape index (κ1) is 10.9. The highest BCUT2D eigenvalue weighted by atomic mass is 16.4. The Bertz CT molecular complexity index is 238. The fourth-order valence-electron chi connectivity index (χ4n) is 2.90. The lowest BCUT2D eigenvalue weighted by Crippen LogP contribution is -2.44. The highest BCUT2D eigenvalue weighted by Crippen LogP contribution is 2.29. The van der Waals surface area contributed by atoms with Crippen LogP contribution in [-0.2, 0) is 4.79 Å². The molecule has 0 aromatic rings. The van der Waals surface area contributed by atoms with Crippen LogP contribution in [-0.4, -0.2) is 45.8 Å². The van der Waals surface area contributed by atoms with Gasteiger partial charge in [-0.05, 0) is 12.8 Å². The summed E-state index contributed by atoms with van der Waals surface area (Å²) in [6.45, 7) is 0.543. The lowest BCUT2D eigenvalue weighted by molar-refractivity contribution is -0.143. The third-order valence-corrected chi connectivity index (χ3v) is 3.65. The SMILES string of the molecule is O=C(O)[C@@H]1C[C@@H](O)CN1C1CCCCC1. The number of aliphatic hydroxyl groups is 1. The van der Waals surface area contributed by atoms with Gasteiger partial charge in [0.2, 0.25) is 0 Å². The molecule has 0 unspecified atom stereocenters. The van der Waals surface area contributed by atoms with Crippen molar-refractivity contribution in [2.45, 2.75) is 56.7 Å². The molecule has 1 saturated carbocycles. The second-order valence-corrected chi connectivity index (χ2v) is 4.73. The van der Waals surface area contributed by atoms with Crippen LogP contribution in [0.2, 0.25) is 0 Å². The number of β-amino-alcohol motifs (C(OH)–C–C–N with tert-alkyl or cyclic N) is 1. The molecular weight excluding hydrogens is 194 g/mol. The molecule has 0 amide bonds. The van der Waals surface area contributed by atoms with Gasteiger partial charge in [0.1, 0.15) is 6.04 Å². The molecule has 0 aromatic heterocycles.